The molecule has 1 atom stereocenters. The lowest BCUT2D eigenvalue weighted by molar-refractivity contribution is 0.0187. The average molecular weight is 524 g/mol. The van der Waals surface area contributed by atoms with Gasteiger partial charge in [-0.3, -0.25) is 0 Å². The Morgan fingerprint density at radius 2 is 1.00 bits per heavy atom. The van der Waals surface area contributed by atoms with Gasteiger partial charge in [0, 0.05) is 0 Å². The van der Waals surface area contributed by atoms with Crippen LogP contribution < -0.4 is 5.73 Å². The lowest BCUT2D eigenvalue weighted by Crippen LogP contribution is -2.27. The molecule has 1 unspecified atom stereocenters. The van der Waals surface area contributed by atoms with Crippen LogP contribution in [0.5, 0.6) is 0 Å². The number of rotatable bonds is 29. The van der Waals surface area contributed by atoms with Crippen LogP contribution in [0.3, 0.4) is 0 Å². The number of nitrogens with two attached hydrogens (primary N) is 1. The SMILES string of the molecule is CCCCCCCCCCCCC=COCC(COC(N)=O)OC=CCCCCCCCCCCCC. The Balaban J connectivity index is 3.76. The maximum absolute atomic E-state index is 11.0. The minimum Gasteiger partial charge on any atom is -0.498 e. The molecule has 1 amide bonds. The van der Waals surface area contributed by atoms with E-state index in [1.165, 1.54) is 128 Å². The molecule has 0 radical (unpaired) electrons. The van der Waals surface area contributed by atoms with Gasteiger partial charge < -0.3 is 19.9 Å². The molecule has 0 heterocycles. The Morgan fingerprint density at radius 1 is 0.595 bits per heavy atom. The molecule has 218 valence electrons. The first-order chi connectivity index (χ1) is 18.2. The second-order valence-electron chi connectivity index (χ2n) is 10.4. The fourth-order valence-corrected chi connectivity index (χ4v) is 4.33. The van der Waals surface area contributed by atoms with Crippen LogP contribution in [0.15, 0.2) is 24.7 Å². The molecular formula is C32H61NO4. The van der Waals surface area contributed by atoms with Crippen molar-refractivity contribution < 1.29 is 19.0 Å². The van der Waals surface area contributed by atoms with Crippen molar-refractivity contribution in [2.24, 2.45) is 5.73 Å². The van der Waals surface area contributed by atoms with E-state index in [0.717, 1.165) is 12.8 Å². The Hall–Kier alpha value is -1.65. The predicted octanol–water partition coefficient (Wildman–Crippen LogP) is 10.1. The smallest absolute Gasteiger partial charge is 0.404 e. The number of hydrogen-bond donors (Lipinski definition) is 1. The van der Waals surface area contributed by atoms with Crippen molar-refractivity contribution in [3.63, 3.8) is 0 Å². The number of carbonyl (C=O) groups excluding carboxylic acids is 1. The van der Waals surface area contributed by atoms with E-state index in [4.69, 9.17) is 19.9 Å². The summed E-state index contributed by atoms with van der Waals surface area (Å²) in [6.07, 6.45) is 35.2. The molecule has 5 nitrogen and oxygen atoms in total. The molecule has 37 heavy (non-hydrogen) atoms. The third kappa shape index (κ3) is 30.5. The first-order valence-electron chi connectivity index (χ1n) is 15.7. The summed E-state index contributed by atoms with van der Waals surface area (Å²) in [6, 6.07) is 0. The summed E-state index contributed by atoms with van der Waals surface area (Å²) >= 11 is 0. The van der Waals surface area contributed by atoms with Gasteiger partial charge >= 0.3 is 6.09 Å². The Labute approximate surface area is 230 Å². The molecule has 5 heteroatoms. The molecule has 0 aromatic rings. The van der Waals surface area contributed by atoms with Crippen molar-refractivity contribution in [2.75, 3.05) is 13.2 Å². The number of amides is 1. The van der Waals surface area contributed by atoms with Crippen molar-refractivity contribution in [2.45, 2.75) is 161 Å². The summed E-state index contributed by atoms with van der Waals surface area (Å²) in [5.41, 5.74) is 5.11. The Bertz CT molecular complexity index is 521. The van der Waals surface area contributed by atoms with Gasteiger partial charge in [0.2, 0.25) is 0 Å². The number of allylic oxidation sites excluding steroid dienone is 2. The van der Waals surface area contributed by atoms with Gasteiger partial charge in [-0.25, -0.2) is 4.79 Å². The zero-order valence-electron chi connectivity index (χ0n) is 24.6. The van der Waals surface area contributed by atoms with Crippen molar-refractivity contribution >= 4 is 6.09 Å². The van der Waals surface area contributed by atoms with Crippen molar-refractivity contribution in [3.8, 4) is 0 Å². The summed E-state index contributed by atoms with van der Waals surface area (Å²) in [5.74, 6) is 0. The van der Waals surface area contributed by atoms with Crippen LogP contribution in [-0.4, -0.2) is 25.4 Å². The van der Waals surface area contributed by atoms with Gasteiger partial charge in [0.05, 0.1) is 12.5 Å². The maximum atomic E-state index is 11.0. The highest BCUT2D eigenvalue weighted by atomic mass is 16.6. The van der Waals surface area contributed by atoms with Crippen LogP contribution in [0.25, 0.3) is 0 Å². The maximum Gasteiger partial charge on any atom is 0.404 e. The van der Waals surface area contributed by atoms with E-state index in [-0.39, 0.29) is 12.7 Å². The van der Waals surface area contributed by atoms with Gasteiger partial charge in [0.15, 0.2) is 6.10 Å². The molecule has 0 bridgehead atoms. The van der Waals surface area contributed by atoms with E-state index in [2.05, 4.69) is 19.9 Å². The van der Waals surface area contributed by atoms with Crippen LogP contribution >= 0.6 is 0 Å². The van der Waals surface area contributed by atoms with Crippen molar-refractivity contribution in [3.05, 3.63) is 24.7 Å². The van der Waals surface area contributed by atoms with E-state index in [1.54, 1.807) is 12.5 Å². The van der Waals surface area contributed by atoms with Crippen LogP contribution in [0.2, 0.25) is 0 Å². The van der Waals surface area contributed by atoms with Crippen LogP contribution in [0.1, 0.15) is 155 Å². The fraction of sp³-hybridized carbons (Fsp3) is 0.844. The van der Waals surface area contributed by atoms with Gasteiger partial charge in [0.1, 0.15) is 13.2 Å². The molecule has 2 N–H and O–H groups in total. The van der Waals surface area contributed by atoms with E-state index in [9.17, 15) is 4.79 Å². The first-order valence-corrected chi connectivity index (χ1v) is 15.7. The highest BCUT2D eigenvalue weighted by molar-refractivity contribution is 5.64. The molecule has 0 spiro atoms. The fourth-order valence-electron chi connectivity index (χ4n) is 4.33. The largest absolute Gasteiger partial charge is 0.498 e. The number of unbranched alkanes of at least 4 members (excludes halogenated alkanes) is 20. The Morgan fingerprint density at radius 3 is 1.43 bits per heavy atom. The molecule has 0 aromatic heterocycles. The van der Waals surface area contributed by atoms with Crippen LogP contribution in [0, 0.1) is 0 Å². The third-order valence-electron chi connectivity index (χ3n) is 6.70. The number of ether oxygens (including phenoxy) is 3. The summed E-state index contributed by atoms with van der Waals surface area (Å²) in [6.45, 7) is 4.94. The molecule has 0 saturated heterocycles. The lowest BCUT2D eigenvalue weighted by atomic mass is 10.1. The summed E-state index contributed by atoms with van der Waals surface area (Å²) < 4.78 is 16.3. The monoisotopic (exact) mass is 523 g/mol. The van der Waals surface area contributed by atoms with Crippen molar-refractivity contribution in [1.82, 2.24) is 0 Å². The van der Waals surface area contributed by atoms with E-state index in [1.807, 2.05) is 6.08 Å². The second kappa shape index (κ2) is 30.6. The summed E-state index contributed by atoms with van der Waals surface area (Å²) in [4.78, 5) is 11.0. The average Bonchev–Trinajstić information content (AvgIpc) is 2.89. The van der Waals surface area contributed by atoms with Gasteiger partial charge in [-0.05, 0) is 37.8 Å². The normalized spacial score (nSPS) is 12.4. The molecule has 0 aliphatic rings. The highest BCUT2D eigenvalue weighted by Crippen LogP contribution is 2.13. The molecule has 0 aromatic carbocycles. The standard InChI is InChI=1S/C32H61NO4/c1-3-5-7-9-11-13-15-17-19-21-23-25-27-35-29-31(30-37-32(33)34)36-28-26-24-22-20-18-16-14-12-10-8-6-4-2/h25-28,31H,3-24,29-30H2,1-2H3,(H2,33,34). The van der Waals surface area contributed by atoms with Crippen LogP contribution in [0.4, 0.5) is 4.79 Å². The molecule has 0 aliphatic heterocycles. The van der Waals surface area contributed by atoms with Gasteiger partial charge in [0.25, 0.3) is 0 Å². The van der Waals surface area contributed by atoms with Gasteiger partial charge in [-0.2, -0.15) is 0 Å². The predicted molar refractivity (Wildman–Crippen MR) is 158 cm³/mol. The second-order valence-corrected chi connectivity index (χ2v) is 10.4. The molecule has 0 saturated carbocycles. The van der Waals surface area contributed by atoms with E-state index >= 15 is 0 Å². The lowest BCUT2D eigenvalue weighted by Gasteiger charge is -2.15. The van der Waals surface area contributed by atoms with E-state index in [0.29, 0.717) is 6.61 Å². The first kappa shape index (κ1) is 35.4. The van der Waals surface area contributed by atoms with Gasteiger partial charge in [-0.15, -0.1) is 0 Å². The number of carbonyl (C=O) groups is 1. The van der Waals surface area contributed by atoms with Crippen LogP contribution in [-0.2, 0) is 14.2 Å². The molecule has 0 rings (SSSR count). The minimum atomic E-state index is -0.792. The number of hydrogen-bond acceptors (Lipinski definition) is 4. The zero-order chi connectivity index (χ0) is 27.1. The Kier molecular flexibility index (Phi) is 29.2. The molecule has 0 aliphatic carbocycles. The highest BCUT2D eigenvalue weighted by Gasteiger charge is 2.11. The number of primary amides is 1. The summed E-state index contributed by atoms with van der Waals surface area (Å²) in [7, 11) is 0. The van der Waals surface area contributed by atoms with Crippen molar-refractivity contribution in [1.29, 1.82) is 0 Å². The quantitative estimate of drug-likeness (QED) is 0.0782. The third-order valence-corrected chi connectivity index (χ3v) is 6.70. The summed E-state index contributed by atoms with van der Waals surface area (Å²) in [5, 5.41) is 0. The minimum absolute atomic E-state index is 0.0875. The zero-order valence-corrected chi connectivity index (χ0v) is 24.6. The van der Waals surface area contributed by atoms with E-state index < -0.39 is 6.09 Å². The van der Waals surface area contributed by atoms with Gasteiger partial charge in [-0.1, -0.05) is 129 Å². The molecular weight excluding hydrogens is 462 g/mol. The molecule has 0 fully saturated rings. The topological polar surface area (TPSA) is 70.8 Å².